The number of halogens is 1. The molecule has 1 aliphatic heterocycles. The first kappa shape index (κ1) is 19.1. The Hall–Kier alpha value is -2.69. The maximum absolute atomic E-state index is 14.6. The van der Waals surface area contributed by atoms with Gasteiger partial charge in [-0.3, -0.25) is 9.79 Å². The number of hydrogen-bond acceptors (Lipinski definition) is 3. The summed E-state index contributed by atoms with van der Waals surface area (Å²) in [5.74, 6) is -0.822. The summed E-state index contributed by atoms with van der Waals surface area (Å²) in [5.41, 5.74) is 3.93. The quantitative estimate of drug-likeness (QED) is 0.684. The highest BCUT2D eigenvalue weighted by Crippen LogP contribution is 2.34. The fourth-order valence-electron chi connectivity index (χ4n) is 3.57. The molecule has 0 fully saturated rings. The lowest BCUT2D eigenvalue weighted by Gasteiger charge is -2.24. The third-order valence-corrected chi connectivity index (χ3v) is 4.81. The van der Waals surface area contributed by atoms with Crippen LogP contribution in [0.25, 0.3) is 0 Å². The van der Waals surface area contributed by atoms with Crippen molar-refractivity contribution < 1.29 is 9.18 Å². The van der Waals surface area contributed by atoms with Crippen molar-refractivity contribution in [3.8, 4) is 0 Å². The van der Waals surface area contributed by atoms with Gasteiger partial charge in [0.05, 0.1) is 11.4 Å². The summed E-state index contributed by atoms with van der Waals surface area (Å²) in [7, 11) is 0. The van der Waals surface area contributed by atoms with Crippen LogP contribution in [0.1, 0.15) is 43.7 Å². The average molecular weight is 367 g/mol. The lowest BCUT2D eigenvalue weighted by atomic mass is 9.97. The Balaban J connectivity index is 1.83. The summed E-state index contributed by atoms with van der Waals surface area (Å²) in [6.07, 6.45) is 3.54. The lowest BCUT2D eigenvalue weighted by Crippen LogP contribution is -2.25. The molecule has 0 aliphatic carbocycles. The molecule has 0 aromatic heterocycles. The number of anilines is 2. The standard InChI is InChI=1S/C22H26FN3O/c1-4-11-26(12-5-2)20-10-9-16(13-18(20)23)24-14-17-21-15(3)7-6-8-19(21)25-22(17)27/h6-10,13-14,17H,4-5,11-12H2,1-3H3,(H,25,27). The molecule has 2 aromatic rings. The van der Waals surface area contributed by atoms with Crippen molar-refractivity contribution in [1.82, 2.24) is 0 Å². The fraction of sp³-hybridized carbons (Fsp3) is 0.364. The molecule has 1 atom stereocenters. The average Bonchev–Trinajstić information content (AvgIpc) is 2.96. The smallest absolute Gasteiger partial charge is 0.237 e. The van der Waals surface area contributed by atoms with Gasteiger partial charge in [0.1, 0.15) is 11.7 Å². The second-order valence-corrected chi connectivity index (χ2v) is 6.90. The van der Waals surface area contributed by atoms with Gasteiger partial charge in [0, 0.05) is 31.1 Å². The van der Waals surface area contributed by atoms with Gasteiger partial charge < -0.3 is 10.2 Å². The van der Waals surface area contributed by atoms with E-state index >= 15 is 0 Å². The number of benzene rings is 2. The molecule has 0 saturated carbocycles. The number of rotatable bonds is 7. The van der Waals surface area contributed by atoms with E-state index in [0.717, 1.165) is 42.7 Å². The van der Waals surface area contributed by atoms with E-state index in [1.807, 2.05) is 25.1 Å². The van der Waals surface area contributed by atoms with E-state index < -0.39 is 5.92 Å². The van der Waals surface area contributed by atoms with Gasteiger partial charge in [0.2, 0.25) is 5.91 Å². The maximum atomic E-state index is 14.6. The molecule has 1 aliphatic rings. The van der Waals surface area contributed by atoms with E-state index in [9.17, 15) is 9.18 Å². The van der Waals surface area contributed by atoms with Crippen LogP contribution >= 0.6 is 0 Å². The Bertz CT molecular complexity index is 857. The molecule has 1 amide bonds. The van der Waals surface area contributed by atoms with Crippen LogP contribution in [0.15, 0.2) is 41.4 Å². The zero-order valence-electron chi connectivity index (χ0n) is 16.1. The molecule has 2 aromatic carbocycles. The van der Waals surface area contributed by atoms with Crippen molar-refractivity contribution in [2.75, 3.05) is 23.3 Å². The second-order valence-electron chi connectivity index (χ2n) is 6.90. The van der Waals surface area contributed by atoms with Crippen molar-refractivity contribution in [2.24, 2.45) is 4.99 Å². The van der Waals surface area contributed by atoms with Gasteiger partial charge in [0.15, 0.2) is 0 Å². The van der Waals surface area contributed by atoms with Crippen molar-refractivity contribution in [3.05, 3.63) is 53.3 Å². The summed E-state index contributed by atoms with van der Waals surface area (Å²) < 4.78 is 14.6. The van der Waals surface area contributed by atoms with E-state index in [4.69, 9.17) is 0 Å². The topological polar surface area (TPSA) is 44.7 Å². The zero-order valence-corrected chi connectivity index (χ0v) is 16.1. The lowest BCUT2D eigenvalue weighted by molar-refractivity contribution is -0.115. The largest absolute Gasteiger partial charge is 0.369 e. The minimum absolute atomic E-state index is 0.0998. The number of hydrogen-bond donors (Lipinski definition) is 1. The summed E-state index contributed by atoms with van der Waals surface area (Å²) in [4.78, 5) is 18.7. The number of aliphatic imine (C=N–C) groups is 1. The normalized spacial score (nSPS) is 15.9. The summed E-state index contributed by atoms with van der Waals surface area (Å²) >= 11 is 0. The predicted molar refractivity (Wildman–Crippen MR) is 110 cm³/mol. The first-order valence-corrected chi connectivity index (χ1v) is 9.54. The summed E-state index contributed by atoms with van der Waals surface area (Å²) in [6, 6.07) is 10.8. The van der Waals surface area contributed by atoms with Crippen molar-refractivity contribution in [2.45, 2.75) is 39.5 Å². The molecule has 5 heteroatoms. The SMILES string of the molecule is CCCN(CCC)c1ccc(N=CC2C(=O)Nc3cccc(C)c32)cc1F. The van der Waals surface area contributed by atoms with Crippen molar-refractivity contribution >= 4 is 29.2 Å². The third-order valence-electron chi connectivity index (χ3n) is 4.81. The van der Waals surface area contributed by atoms with Gasteiger partial charge in [-0.25, -0.2) is 4.39 Å². The second kappa shape index (κ2) is 8.33. The number of nitrogens with one attached hydrogen (secondary N) is 1. The van der Waals surface area contributed by atoms with E-state index in [2.05, 4.69) is 29.1 Å². The van der Waals surface area contributed by atoms with Crippen LogP contribution in [-0.2, 0) is 4.79 Å². The van der Waals surface area contributed by atoms with Crippen LogP contribution in [0.3, 0.4) is 0 Å². The number of carbonyl (C=O) groups is 1. The van der Waals surface area contributed by atoms with Crippen LogP contribution in [0.5, 0.6) is 0 Å². The molecule has 0 radical (unpaired) electrons. The molecule has 1 heterocycles. The summed E-state index contributed by atoms with van der Waals surface area (Å²) in [6.45, 7) is 7.80. The van der Waals surface area contributed by atoms with Crippen LogP contribution in [0, 0.1) is 12.7 Å². The van der Waals surface area contributed by atoms with Crippen LogP contribution in [0.4, 0.5) is 21.5 Å². The molecule has 1 N–H and O–H groups in total. The Morgan fingerprint density at radius 3 is 2.59 bits per heavy atom. The van der Waals surface area contributed by atoms with Crippen LogP contribution in [-0.4, -0.2) is 25.2 Å². The maximum Gasteiger partial charge on any atom is 0.237 e. The molecule has 0 saturated heterocycles. The Morgan fingerprint density at radius 1 is 1.19 bits per heavy atom. The number of nitrogens with zero attached hydrogens (tertiary/aromatic N) is 2. The zero-order chi connectivity index (χ0) is 19.4. The Morgan fingerprint density at radius 2 is 1.93 bits per heavy atom. The number of amides is 1. The van der Waals surface area contributed by atoms with E-state index in [1.165, 1.54) is 6.07 Å². The minimum atomic E-state index is -0.444. The van der Waals surface area contributed by atoms with E-state index in [0.29, 0.717) is 11.4 Å². The van der Waals surface area contributed by atoms with Gasteiger partial charge in [-0.05, 0) is 49.1 Å². The molecule has 3 rings (SSSR count). The van der Waals surface area contributed by atoms with Crippen LogP contribution in [0.2, 0.25) is 0 Å². The monoisotopic (exact) mass is 367 g/mol. The highest BCUT2D eigenvalue weighted by molar-refractivity contribution is 6.13. The Kier molecular flexibility index (Phi) is 5.89. The first-order chi connectivity index (χ1) is 13.0. The molecular formula is C22H26FN3O. The molecular weight excluding hydrogens is 341 g/mol. The van der Waals surface area contributed by atoms with Gasteiger partial charge in [0.25, 0.3) is 0 Å². The highest BCUT2D eigenvalue weighted by Gasteiger charge is 2.30. The third kappa shape index (κ3) is 4.02. The summed E-state index contributed by atoms with van der Waals surface area (Å²) in [5, 5.41) is 2.88. The molecule has 0 bridgehead atoms. The minimum Gasteiger partial charge on any atom is -0.369 e. The molecule has 27 heavy (non-hydrogen) atoms. The van der Waals surface area contributed by atoms with Crippen LogP contribution < -0.4 is 10.2 Å². The fourth-order valence-corrected chi connectivity index (χ4v) is 3.57. The highest BCUT2D eigenvalue weighted by atomic mass is 19.1. The molecule has 4 nitrogen and oxygen atoms in total. The molecule has 1 unspecified atom stereocenters. The Labute approximate surface area is 160 Å². The molecule has 142 valence electrons. The predicted octanol–water partition coefficient (Wildman–Crippen LogP) is 5.20. The van der Waals surface area contributed by atoms with Gasteiger partial charge in [-0.2, -0.15) is 0 Å². The van der Waals surface area contributed by atoms with Gasteiger partial charge >= 0.3 is 0 Å². The van der Waals surface area contributed by atoms with Gasteiger partial charge in [-0.15, -0.1) is 0 Å². The van der Waals surface area contributed by atoms with Crippen molar-refractivity contribution in [3.63, 3.8) is 0 Å². The van der Waals surface area contributed by atoms with E-state index in [1.54, 1.807) is 18.3 Å². The van der Waals surface area contributed by atoms with Gasteiger partial charge in [-0.1, -0.05) is 26.0 Å². The number of aryl methyl sites for hydroxylation is 1. The molecule has 0 spiro atoms. The number of fused-ring (bicyclic) bond motifs is 1. The number of carbonyl (C=O) groups excluding carboxylic acids is 1. The first-order valence-electron chi connectivity index (χ1n) is 9.54. The van der Waals surface area contributed by atoms with Crippen molar-refractivity contribution in [1.29, 1.82) is 0 Å². The van der Waals surface area contributed by atoms with E-state index in [-0.39, 0.29) is 11.7 Å².